The van der Waals surface area contributed by atoms with Crippen LogP contribution < -0.4 is 5.56 Å². The van der Waals surface area contributed by atoms with E-state index in [2.05, 4.69) is 10.1 Å². The molecule has 1 saturated carbocycles. The van der Waals surface area contributed by atoms with Crippen LogP contribution in [0.25, 0.3) is 10.9 Å². The first-order valence-electron chi connectivity index (χ1n) is 8.56. The molecule has 1 unspecified atom stereocenters. The summed E-state index contributed by atoms with van der Waals surface area (Å²) in [5.41, 5.74) is 0.767. The van der Waals surface area contributed by atoms with E-state index in [-0.39, 0.29) is 22.8 Å². The Bertz CT molecular complexity index is 975. The maximum absolute atomic E-state index is 12.9. The lowest BCUT2D eigenvalue weighted by molar-refractivity contribution is 0.372. The van der Waals surface area contributed by atoms with Gasteiger partial charge in [-0.05, 0) is 31.9 Å². The Morgan fingerprint density at radius 2 is 1.96 bits per heavy atom. The summed E-state index contributed by atoms with van der Waals surface area (Å²) in [4.78, 5) is 22.1. The first-order valence-corrected chi connectivity index (χ1v) is 9.44. The van der Waals surface area contributed by atoms with Crippen LogP contribution in [0.15, 0.2) is 38.7 Å². The molecule has 1 aliphatic rings. The monoisotopic (exact) mass is 356 g/mol. The molecule has 0 aliphatic heterocycles. The van der Waals surface area contributed by atoms with Crippen molar-refractivity contribution in [3.63, 3.8) is 0 Å². The van der Waals surface area contributed by atoms with Gasteiger partial charge >= 0.3 is 0 Å². The predicted octanol–water partition coefficient (Wildman–Crippen LogP) is 4.09. The minimum absolute atomic E-state index is 0.0381. The average Bonchev–Trinajstić information content (AvgIpc) is 3.29. The number of rotatable bonds is 5. The van der Waals surface area contributed by atoms with Gasteiger partial charge in [0.1, 0.15) is 0 Å². The Kier molecular flexibility index (Phi) is 4.11. The maximum Gasteiger partial charge on any atom is 0.262 e. The first-order chi connectivity index (χ1) is 12.0. The molecule has 2 aromatic heterocycles. The molecule has 25 heavy (non-hydrogen) atoms. The Labute approximate surface area is 149 Å². The minimum atomic E-state index is -0.0712. The van der Waals surface area contributed by atoms with E-state index in [1.165, 1.54) is 11.8 Å². The molecular formula is C18H20N4O2S. The zero-order chi connectivity index (χ0) is 17.6. The van der Waals surface area contributed by atoms with Gasteiger partial charge in [-0.1, -0.05) is 42.9 Å². The molecule has 6 nitrogen and oxygen atoms in total. The van der Waals surface area contributed by atoms with Crippen LogP contribution in [-0.4, -0.2) is 19.7 Å². The van der Waals surface area contributed by atoms with E-state index in [0.29, 0.717) is 17.1 Å². The van der Waals surface area contributed by atoms with Crippen molar-refractivity contribution in [1.29, 1.82) is 0 Å². The summed E-state index contributed by atoms with van der Waals surface area (Å²) in [6.07, 6.45) is 2.06. The number of hydrogen-bond donors (Lipinski definition) is 0. The van der Waals surface area contributed by atoms with Gasteiger partial charge in [0, 0.05) is 12.0 Å². The van der Waals surface area contributed by atoms with E-state index in [1.807, 2.05) is 49.6 Å². The van der Waals surface area contributed by atoms with Crippen molar-refractivity contribution >= 4 is 22.7 Å². The van der Waals surface area contributed by atoms with Crippen molar-refractivity contribution in [3.8, 4) is 0 Å². The highest BCUT2D eigenvalue weighted by molar-refractivity contribution is 7.99. The average molecular weight is 356 g/mol. The van der Waals surface area contributed by atoms with Gasteiger partial charge in [0.2, 0.25) is 5.89 Å². The highest BCUT2D eigenvalue weighted by Gasteiger charge is 2.30. The number of aromatic nitrogens is 4. The van der Waals surface area contributed by atoms with Crippen LogP contribution in [0.5, 0.6) is 0 Å². The van der Waals surface area contributed by atoms with Crippen molar-refractivity contribution in [3.05, 3.63) is 46.3 Å². The lowest BCUT2D eigenvalue weighted by Crippen LogP contribution is -2.22. The smallest absolute Gasteiger partial charge is 0.262 e. The fourth-order valence-corrected chi connectivity index (χ4v) is 3.73. The van der Waals surface area contributed by atoms with Crippen molar-refractivity contribution < 1.29 is 4.52 Å². The molecule has 1 aromatic carbocycles. The molecule has 1 fully saturated rings. The fraction of sp³-hybridized carbons (Fsp3) is 0.444. The van der Waals surface area contributed by atoms with E-state index in [0.717, 1.165) is 23.5 Å². The van der Waals surface area contributed by atoms with Crippen molar-refractivity contribution in [2.45, 2.75) is 56.0 Å². The van der Waals surface area contributed by atoms with Gasteiger partial charge in [-0.15, -0.1) is 0 Å². The number of fused-ring (bicyclic) bond motifs is 1. The molecule has 4 rings (SSSR count). The van der Waals surface area contributed by atoms with Crippen LogP contribution in [0.4, 0.5) is 0 Å². The first kappa shape index (κ1) is 16.3. The number of thioether (sulfide) groups is 1. The summed E-state index contributed by atoms with van der Waals surface area (Å²) in [5, 5.41) is 5.35. The molecular weight excluding hydrogens is 336 g/mol. The molecule has 1 atom stereocenters. The predicted molar refractivity (Wildman–Crippen MR) is 96.9 cm³/mol. The van der Waals surface area contributed by atoms with E-state index >= 15 is 0 Å². The third-order valence-electron chi connectivity index (χ3n) is 4.29. The van der Waals surface area contributed by atoms with Crippen molar-refractivity contribution in [2.75, 3.05) is 0 Å². The summed E-state index contributed by atoms with van der Waals surface area (Å²) >= 11 is 1.50. The van der Waals surface area contributed by atoms with Crippen LogP contribution in [0, 0.1) is 0 Å². The molecule has 0 N–H and O–H groups in total. The largest absolute Gasteiger partial charge is 0.338 e. The standard InChI is InChI=1S/C18H20N4O2S/c1-10(2)15-20-16(24-21-15)11(3)25-18-19-14-7-5-4-6-13(14)17(23)22(18)12-8-9-12/h4-7,10-12H,8-9H2,1-3H3. The maximum atomic E-state index is 12.9. The second-order valence-electron chi connectivity index (χ2n) is 6.72. The summed E-state index contributed by atoms with van der Waals surface area (Å²) in [6.45, 7) is 6.06. The van der Waals surface area contributed by atoms with Crippen LogP contribution in [0.1, 0.15) is 62.5 Å². The topological polar surface area (TPSA) is 73.8 Å². The van der Waals surface area contributed by atoms with Crippen LogP contribution in [-0.2, 0) is 0 Å². The van der Waals surface area contributed by atoms with Gasteiger partial charge in [-0.3, -0.25) is 9.36 Å². The number of nitrogens with zero attached hydrogens (tertiary/aromatic N) is 4. The van der Waals surface area contributed by atoms with Crippen LogP contribution in [0.3, 0.4) is 0 Å². The molecule has 0 amide bonds. The summed E-state index contributed by atoms with van der Waals surface area (Å²) in [6, 6.07) is 7.76. The molecule has 2 heterocycles. The number of para-hydroxylation sites is 1. The number of hydrogen-bond acceptors (Lipinski definition) is 6. The fourth-order valence-electron chi connectivity index (χ4n) is 2.72. The Morgan fingerprint density at radius 3 is 2.64 bits per heavy atom. The Hall–Kier alpha value is -2.15. The van der Waals surface area contributed by atoms with Gasteiger partial charge < -0.3 is 4.52 Å². The van der Waals surface area contributed by atoms with Gasteiger partial charge in [0.05, 0.1) is 16.2 Å². The molecule has 130 valence electrons. The zero-order valence-electron chi connectivity index (χ0n) is 14.5. The van der Waals surface area contributed by atoms with E-state index in [4.69, 9.17) is 9.51 Å². The molecule has 0 spiro atoms. The summed E-state index contributed by atoms with van der Waals surface area (Å²) in [5.74, 6) is 1.49. The highest BCUT2D eigenvalue weighted by atomic mass is 32.2. The SMILES string of the molecule is CC(C)c1noc(C(C)Sc2nc3ccccc3c(=O)n2C2CC2)n1. The summed E-state index contributed by atoms with van der Waals surface area (Å²) in [7, 11) is 0. The number of benzene rings is 1. The molecule has 3 aromatic rings. The molecule has 1 aliphatic carbocycles. The van der Waals surface area contributed by atoms with Crippen LogP contribution >= 0.6 is 11.8 Å². The normalized spacial score (nSPS) is 15.8. The zero-order valence-corrected chi connectivity index (χ0v) is 15.3. The van der Waals surface area contributed by atoms with E-state index < -0.39 is 0 Å². The van der Waals surface area contributed by atoms with E-state index in [1.54, 1.807) is 0 Å². The lowest BCUT2D eigenvalue weighted by atomic mass is 10.2. The Balaban J connectivity index is 1.72. The quantitative estimate of drug-likeness (QED) is 0.506. The third kappa shape index (κ3) is 3.08. The molecule has 0 radical (unpaired) electrons. The van der Waals surface area contributed by atoms with Crippen molar-refractivity contribution in [2.24, 2.45) is 0 Å². The highest BCUT2D eigenvalue weighted by Crippen LogP contribution is 2.40. The van der Waals surface area contributed by atoms with Crippen molar-refractivity contribution in [1.82, 2.24) is 19.7 Å². The van der Waals surface area contributed by atoms with Gasteiger partial charge in [-0.25, -0.2) is 4.98 Å². The van der Waals surface area contributed by atoms with Gasteiger partial charge in [-0.2, -0.15) is 4.98 Å². The molecule has 7 heteroatoms. The van der Waals surface area contributed by atoms with E-state index in [9.17, 15) is 4.79 Å². The lowest BCUT2D eigenvalue weighted by Gasteiger charge is -2.14. The minimum Gasteiger partial charge on any atom is -0.338 e. The molecule has 0 saturated heterocycles. The summed E-state index contributed by atoms with van der Waals surface area (Å²) < 4.78 is 7.23. The van der Waals surface area contributed by atoms with Gasteiger partial charge in [0.25, 0.3) is 5.56 Å². The third-order valence-corrected chi connectivity index (χ3v) is 5.35. The van der Waals surface area contributed by atoms with Crippen LogP contribution in [0.2, 0.25) is 0 Å². The van der Waals surface area contributed by atoms with Gasteiger partial charge in [0.15, 0.2) is 11.0 Å². The Morgan fingerprint density at radius 1 is 1.20 bits per heavy atom. The second kappa shape index (κ2) is 6.29. The molecule has 0 bridgehead atoms. The second-order valence-corrected chi connectivity index (χ2v) is 8.03.